The normalized spacial score (nSPS) is 14.2. The van der Waals surface area contributed by atoms with E-state index < -0.39 is 5.97 Å². The van der Waals surface area contributed by atoms with Crippen LogP contribution in [0, 0.1) is 13.8 Å². The van der Waals surface area contributed by atoms with E-state index in [1.54, 1.807) is 22.8 Å². The summed E-state index contributed by atoms with van der Waals surface area (Å²) in [6.45, 7) is 5.78. The molecule has 2 aromatic carbocycles. The number of carbonyl (C=O) groups is 1. The third-order valence-electron chi connectivity index (χ3n) is 5.38. The van der Waals surface area contributed by atoms with Gasteiger partial charge in [-0.15, -0.1) is 0 Å². The molecule has 1 saturated heterocycles. The summed E-state index contributed by atoms with van der Waals surface area (Å²) in [6, 6.07) is 11.0. The standard InChI is InChI=1S/C23H25N3O3/c1-15-11-16(2)13-18(12-15)26-21(27)19-8-7-17(22(28)29-3)14-20(19)24-23(26)25-9-5-4-6-10-25/h7-8,11-14H,4-6,9-10H2,1-3H3. The summed E-state index contributed by atoms with van der Waals surface area (Å²) in [7, 11) is 1.34. The molecule has 0 saturated carbocycles. The summed E-state index contributed by atoms with van der Waals surface area (Å²) in [6.07, 6.45) is 3.33. The smallest absolute Gasteiger partial charge is 0.337 e. The van der Waals surface area contributed by atoms with Crippen molar-refractivity contribution in [3.8, 4) is 5.69 Å². The van der Waals surface area contributed by atoms with Crippen molar-refractivity contribution in [2.75, 3.05) is 25.1 Å². The van der Waals surface area contributed by atoms with Gasteiger partial charge >= 0.3 is 5.97 Å². The van der Waals surface area contributed by atoms with Gasteiger partial charge in [-0.1, -0.05) is 6.07 Å². The fourth-order valence-corrected chi connectivity index (χ4v) is 4.04. The minimum Gasteiger partial charge on any atom is -0.465 e. The van der Waals surface area contributed by atoms with Crippen molar-refractivity contribution in [1.29, 1.82) is 0 Å². The lowest BCUT2D eigenvalue weighted by Crippen LogP contribution is -2.36. The van der Waals surface area contributed by atoms with Gasteiger partial charge in [-0.05, 0) is 74.6 Å². The largest absolute Gasteiger partial charge is 0.465 e. The Labute approximate surface area is 169 Å². The number of esters is 1. The van der Waals surface area contributed by atoms with Gasteiger partial charge in [0.25, 0.3) is 5.56 Å². The van der Waals surface area contributed by atoms with Gasteiger partial charge < -0.3 is 9.64 Å². The fraction of sp³-hybridized carbons (Fsp3) is 0.348. The van der Waals surface area contributed by atoms with Gasteiger partial charge in [0.05, 0.1) is 29.3 Å². The minimum absolute atomic E-state index is 0.128. The molecule has 0 spiro atoms. The molecule has 29 heavy (non-hydrogen) atoms. The quantitative estimate of drug-likeness (QED) is 0.636. The number of hydrogen-bond acceptors (Lipinski definition) is 5. The average Bonchev–Trinajstić information content (AvgIpc) is 2.72. The summed E-state index contributed by atoms with van der Waals surface area (Å²) in [5.74, 6) is 0.195. The van der Waals surface area contributed by atoms with Crippen molar-refractivity contribution >= 4 is 22.8 Å². The van der Waals surface area contributed by atoms with Gasteiger partial charge in [0.1, 0.15) is 0 Å². The lowest BCUT2D eigenvalue weighted by molar-refractivity contribution is 0.0601. The molecule has 6 nitrogen and oxygen atoms in total. The van der Waals surface area contributed by atoms with E-state index in [4.69, 9.17) is 9.72 Å². The molecule has 2 heterocycles. The molecule has 0 atom stereocenters. The number of anilines is 1. The van der Waals surface area contributed by atoms with E-state index in [2.05, 4.69) is 11.0 Å². The maximum absolute atomic E-state index is 13.5. The van der Waals surface area contributed by atoms with Crippen molar-refractivity contribution in [2.45, 2.75) is 33.1 Å². The van der Waals surface area contributed by atoms with E-state index in [0.717, 1.165) is 42.7 Å². The summed E-state index contributed by atoms with van der Waals surface area (Å²) in [5.41, 5.74) is 3.78. The molecular formula is C23H25N3O3. The van der Waals surface area contributed by atoms with Crippen LogP contribution in [0.25, 0.3) is 16.6 Å². The van der Waals surface area contributed by atoms with Crippen molar-refractivity contribution in [3.63, 3.8) is 0 Å². The number of hydrogen-bond donors (Lipinski definition) is 0. The molecule has 3 aromatic rings. The predicted octanol–water partition coefficient (Wildman–Crippen LogP) is 3.78. The van der Waals surface area contributed by atoms with Gasteiger partial charge in [-0.3, -0.25) is 4.79 Å². The number of ether oxygens (including phenoxy) is 1. The highest BCUT2D eigenvalue weighted by Gasteiger charge is 2.21. The summed E-state index contributed by atoms with van der Waals surface area (Å²) in [5, 5.41) is 0.484. The van der Waals surface area contributed by atoms with Crippen LogP contribution in [0.2, 0.25) is 0 Å². The molecule has 0 N–H and O–H groups in total. The second-order valence-corrected chi connectivity index (χ2v) is 7.67. The van der Waals surface area contributed by atoms with Crippen molar-refractivity contribution in [2.24, 2.45) is 0 Å². The second kappa shape index (κ2) is 7.70. The molecular weight excluding hydrogens is 366 g/mol. The van der Waals surface area contributed by atoms with E-state index in [-0.39, 0.29) is 5.56 Å². The van der Waals surface area contributed by atoms with Crippen LogP contribution in [-0.4, -0.2) is 35.7 Å². The van der Waals surface area contributed by atoms with Gasteiger partial charge in [0.15, 0.2) is 0 Å². The zero-order valence-electron chi connectivity index (χ0n) is 17.1. The van der Waals surface area contributed by atoms with Gasteiger partial charge in [0.2, 0.25) is 5.95 Å². The first kappa shape index (κ1) is 19.2. The first-order chi connectivity index (χ1) is 14.0. The Bertz CT molecular complexity index is 1120. The van der Waals surface area contributed by atoms with Crippen LogP contribution >= 0.6 is 0 Å². The number of piperidine rings is 1. The number of rotatable bonds is 3. The first-order valence-electron chi connectivity index (χ1n) is 9.96. The van der Waals surface area contributed by atoms with Crippen molar-refractivity contribution in [1.82, 2.24) is 9.55 Å². The van der Waals surface area contributed by atoms with Crippen LogP contribution in [0.15, 0.2) is 41.2 Å². The predicted molar refractivity (Wildman–Crippen MR) is 114 cm³/mol. The molecule has 0 unspecified atom stereocenters. The topological polar surface area (TPSA) is 64.4 Å². The first-order valence-corrected chi connectivity index (χ1v) is 9.96. The minimum atomic E-state index is -0.438. The van der Waals surface area contributed by atoms with E-state index in [1.807, 2.05) is 26.0 Å². The number of aromatic nitrogens is 2. The molecule has 1 aliphatic rings. The van der Waals surface area contributed by atoms with Crippen molar-refractivity contribution in [3.05, 3.63) is 63.4 Å². The van der Waals surface area contributed by atoms with E-state index in [0.29, 0.717) is 22.4 Å². The maximum atomic E-state index is 13.5. The van der Waals surface area contributed by atoms with Gasteiger partial charge in [-0.25, -0.2) is 14.3 Å². The maximum Gasteiger partial charge on any atom is 0.337 e. The number of nitrogens with zero attached hydrogens (tertiary/aromatic N) is 3. The van der Waals surface area contributed by atoms with Crippen LogP contribution in [0.1, 0.15) is 40.7 Å². The molecule has 1 aromatic heterocycles. The third kappa shape index (κ3) is 3.62. The number of benzene rings is 2. The molecule has 0 amide bonds. The Morgan fingerprint density at radius 2 is 1.69 bits per heavy atom. The monoisotopic (exact) mass is 391 g/mol. The van der Waals surface area contributed by atoms with E-state index >= 15 is 0 Å². The summed E-state index contributed by atoms with van der Waals surface area (Å²) in [4.78, 5) is 32.5. The van der Waals surface area contributed by atoms with Crippen molar-refractivity contribution < 1.29 is 9.53 Å². The molecule has 150 valence electrons. The van der Waals surface area contributed by atoms with Gasteiger partial charge in [0, 0.05) is 13.1 Å². The highest BCUT2D eigenvalue weighted by atomic mass is 16.5. The number of fused-ring (bicyclic) bond motifs is 1. The summed E-state index contributed by atoms with van der Waals surface area (Å²) < 4.78 is 6.53. The number of carbonyl (C=O) groups excluding carboxylic acids is 1. The highest BCUT2D eigenvalue weighted by molar-refractivity contribution is 5.94. The van der Waals surface area contributed by atoms with Crippen LogP contribution in [-0.2, 0) is 4.74 Å². The van der Waals surface area contributed by atoms with Crippen LogP contribution in [0.3, 0.4) is 0 Å². The van der Waals surface area contributed by atoms with E-state index in [9.17, 15) is 9.59 Å². The Balaban J connectivity index is 2.00. The zero-order chi connectivity index (χ0) is 20.5. The number of aryl methyl sites for hydroxylation is 2. The lowest BCUT2D eigenvalue weighted by atomic mass is 10.1. The second-order valence-electron chi connectivity index (χ2n) is 7.67. The molecule has 0 radical (unpaired) electrons. The Morgan fingerprint density at radius 3 is 2.34 bits per heavy atom. The van der Waals surface area contributed by atoms with E-state index in [1.165, 1.54) is 13.5 Å². The van der Waals surface area contributed by atoms with Crippen LogP contribution in [0.4, 0.5) is 5.95 Å². The molecule has 1 fully saturated rings. The number of methoxy groups -OCH3 is 1. The SMILES string of the molecule is COC(=O)c1ccc2c(=O)n(-c3cc(C)cc(C)c3)c(N3CCCCC3)nc2c1. The summed E-state index contributed by atoms with van der Waals surface area (Å²) >= 11 is 0. The molecule has 4 rings (SSSR count). The highest BCUT2D eigenvalue weighted by Crippen LogP contribution is 2.24. The zero-order valence-corrected chi connectivity index (χ0v) is 17.1. The lowest BCUT2D eigenvalue weighted by Gasteiger charge is -2.30. The third-order valence-corrected chi connectivity index (χ3v) is 5.38. The van der Waals surface area contributed by atoms with Gasteiger partial charge in [-0.2, -0.15) is 0 Å². The molecule has 6 heteroatoms. The molecule has 0 aliphatic carbocycles. The Kier molecular flexibility index (Phi) is 5.09. The Hall–Kier alpha value is -3.15. The average molecular weight is 391 g/mol. The molecule has 0 bridgehead atoms. The Morgan fingerprint density at radius 1 is 1.00 bits per heavy atom. The van der Waals surface area contributed by atoms with Crippen LogP contribution < -0.4 is 10.5 Å². The molecule has 1 aliphatic heterocycles. The fourth-order valence-electron chi connectivity index (χ4n) is 4.04. The van der Waals surface area contributed by atoms with Crippen LogP contribution in [0.5, 0.6) is 0 Å².